The Kier molecular flexibility index (Phi) is 3.75. The van der Waals surface area contributed by atoms with Crippen molar-refractivity contribution in [3.8, 4) is 22.6 Å². The van der Waals surface area contributed by atoms with Crippen LogP contribution in [0.25, 0.3) is 11.1 Å². The molecule has 0 bridgehead atoms. The molecule has 7 heteroatoms. The van der Waals surface area contributed by atoms with Crippen LogP contribution in [0.1, 0.15) is 42.6 Å². The highest BCUT2D eigenvalue weighted by molar-refractivity contribution is 6.05. The molecule has 0 radical (unpaired) electrons. The van der Waals surface area contributed by atoms with E-state index in [-0.39, 0.29) is 29.4 Å². The number of hydrogen-bond donors (Lipinski definition) is 1. The smallest absolute Gasteiger partial charge is 0.395 e. The second-order valence-electron chi connectivity index (χ2n) is 8.51. The number of carbonyl (C=O) groups is 1. The first-order chi connectivity index (χ1) is 13.7. The van der Waals surface area contributed by atoms with Crippen molar-refractivity contribution in [1.29, 1.82) is 0 Å². The molecule has 1 amide bonds. The first-order valence-electron chi connectivity index (χ1n) is 9.70. The molecule has 1 atom stereocenters. The van der Waals surface area contributed by atoms with E-state index in [1.807, 2.05) is 6.07 Å². The van der Waals surface area contributed by atoms with E-state index in [1.165, 1.54) is 6.07 Å². The second-order valence-corrected chi connectivity index (χ2v) is 8.51. The fraction of sp³-hybridized carbons (Fsp3) is 0.409. The minimum Gasteiger partial charge on any atom is -0.395 e. The Bertz CT molecular complexity index is 1010. The lowest BCUT2D eigenvalue weighted by molar-refractivity contribution is -0.286. The highest BCUT2D eigenvalue weighted by Crippen LogP contribution is 2.49. The summed E-state index contributed by atoms with van der Waals surface area (Å²) in [6.07, 6.45) is -1.77. The third kappa shape index (κ3) is 2.95. The number of hydrogen-bond acceptors (Lipinski definition) is 4. The van der Waals surface area contributed by atoms with Crippen LogP contribution in [0.3, 0.4) is 0 Å². The molecule has 3 aliphatic rings. The molecule has 5 nitrogen and oxygen atoms in total. The number of aliphatic hydroxyl groups is 1. The summed E-state index contributed by atoms with van der Waals surface area (Å²) in [6, 6.07) is 9.75. The molecule has 1 aliphatic carbocycles. The third-order valence-corrected chi connectivity index (χ3v) is 5.81. The molecule has 152 valence electrons. The highest BCUT2D eigenvalue weighted by Gasteiger charge is 2.49. The fourth-order valence-electron chi connectivity index (χ4n) is 4.64. The molecule has 0 unspecified atom stereocenters. The van der Waals surface area contributed by atoms with Gasteiger partial charge in [0.1, 0.15) is 0 Å². The molecule has 0 saturated heterocycles. The van der Waals surface area contributed by atoms with E-state index in [2.05, 4.69) is 4.74 Å². The van der Waals surface area contributed by atoms with Crippen molar-refractivity contribution in [3.63, 3.8) is 0 Å². The summed E-state index contributed by atoms with van der Waals surface area (Å²) in [5.74, 6) is -0.0517. The second kappa shape index (κ2) is 5.92. The van der Waals surface area contributed by atoms with Gasteiger partial charge in [-0.3, -0.25) is 4.79 Å². The molecule has 29 heavy (non-hydrogen) atoms. The number of ether oxygens (including phenoxy) is 2. The van der Waals surface area contributed by atoms with Gasteiger partial charge in [0.2, 0.25) is 0 Å². The van der Waals surface area contributed by atoms with Crippen LogP contribution in [0.15, 0.2) is 36.4 Å². The van der Waals surface area contributed by atoms with Gasteiger partial charge in [-0.2, -0.15) is 0 Å². The van der Waals surface area contributed by atoms with Gasteiger partial charge >= 0.3 is 6.29 Å². The predicted octanol–water partition coefficient (Wildman–Crippen LogP) is 4.18. The Hall–Kier alpha value is -2.67. The van der Waals surface area contributed by atoms with Gasteiger partial charge in [0.05, 0.1) is 17.2 Å². The van der Waals surface area contributed by atoms with Crippen molar-refractivity contribution >= 4 is 5.91 Å². The van der Waals surface area contributed by atoms with Gasteiger partial charge in [-0.25, -0.2) is 0 Å². The summed E-state index contributed by atoms with van der Waals surface area (Å²) in [5.41, 5.74) is 1.16. The van der Waals surface area contributed by atoms with Gasteiger partial charge in [0.15, 0.2) is 11.5 Å². The van der Waals surface area contributed by atoms with Gasteiger partial charge in [-0.1, -0.05) is 30.3 Å². The molecule has 0 spiro atoms. The van der Waals surface area contributed by atoms with Crippen molar-refractivity contribution < 1.29 is 28.2 Å². The largest absolute Gasteiger partial charge is 0.586 e. The Labute approximate surface area is 166 Å². The molecule has 2 aromatic rings. The Morgan fingerprint density at radius 2 is 1.83 bits per heavy atom. The Morgan fingerprint density at radius 3 is 2.52 bits per heavy atom. The molecule has 0 aromatic heterocycles. The van der Waals surface area contributed by atoms with Gasteiger partial charge in [0, 0.05) is 12.1 Å². The number of carbonyl (C=O) groups excluding carboxylic acids is 1. The Morgan fingerprint density at radius 1 is 1.14 bits per heavy atom. The summed E-state index contributed by atoms with van der Waals surface area (Å²) in [5, 5.41) is 10.7. The van der Waals surface area contributed by atoms with E-state index in [0.717, 1.165) is 18.4 Å². The molecular formula is C22H21F2NO4. The van der Waals surface area contributed by atoms with E-state index in [0.29, 0.717) is 23.2 Å². The molecule has 1 N–H and O–H groups in total. The summed E-state index contributed by atoms with van der Waals surface area (Å²) < 4.78 is 36.6. The standard InChI is InChI=1S/C22H21F2NO4/c1-21(2,27)19(12-9-10-12)25-11-13-5-3-6-14(17(13)20(25)26)15-7-4-8-16-18(15)29-22(23,24)28-16/h3-8,12,19,27H,9-11H2,1-2H3/t19-/m1/s1. The molecule has 2 aromatic carbocycles. The maximum atomic E-state index is 13.6. The van der Waals surface area contributed by atoms with Gasteiger partial charge < -0.3 is 19.5 Å². The molecule has 5 rings (SSSR count). The fourth-order valence-corrected chi connectivity index (χ4v) is 4.64. The molecule has 1 saturated carbocycles. The van der Waals surface area contributed by atoms with Crippen LogP contribution in [0.4, 0.5) is 8.78 Å². The molecule has 2 aliphatic heterocycles. The van der Waals surface area contributed by atoms with Crippen LogP contribution in [0.2, 0.25) is 0 Å². The van der Waals surface area contributed by atoms with Crippen LogP contribution in [-0.4, -0.2) is 33.9 Å². The number of para-hydroxylation sites is 1. The van der Waals surface area contributed by atoms with Crippen LogP contribution >= 0.6 is 0 Å². The first kappa shape index (κ1) is 18.4. The number of nitrogens with zero attached hydrogens (tertiary/aromatic N) is 1. The average molecular weight is 401 g/mol. The van der Waals surface area contributed by atoms with E-state index >= 15 is 0 Å². The molecule has 2 heterocycles. The van der Waals surface area contributed by atoms with E-state index in [9.17, 15) is 18.7 Å². The van der Waals surface area contributed by atoms with Crippen LogP contribution < -0.4 is 9.47 Å². The number of halogens is 2. The first-order valence-corrected chi connectivity index (χ1v) is 9.70. The maximum Gasteiger partial charge on any atom is 0.586 e. The summed E-state index contributed by atoms with van der Waals surface area (Å²) in [6.45, 7) is 3.84. The van der Waals surface area contributed by atoms with Crippen LogP contribution in [0, 0.1) is 5.92 Å². The van der Waals surface area contributed by atoms with Crippen LogP contribution in [0.5, 0.6) is 11.5 Å². The zero-order valence-electron chi connectivity index (χ0n) is 16.1. The normalized spacial score (nSPS) is 20.7. The third-order valence-electron chi connectivity index (χ3n) is 5.81. The summed E-state index contributed by atoms with van der Waals surface area (Å²) in [4.78, 5) is 15.2. The van der Waals surface area contributed by atoms with Crippen molar-refractivity contribution in [2.75, 3.05) is 0 Å². The highest BCUT2D eigenvalue weighted by atomic mass is 19.3. The van der Waals surface area contributed by atoms with Gasteiger partial charge in [0.25, 0.3) is 5.91 Å². The lowest BCUT2D eigenvalue weighted by Gasteiger charge is -2.37. The lowest BCUT2D eigenvalue weighted by atomic mass is 9.92. The van der Waals surface area contributed by atoms with Crippen molar-refractivity contribution in [2.24, 2.45) is 5.92 Å². The molecule has 1 fully saturated rings. The van der Waals surface area contributed by atoms with Crippen molar-refractivity contribution in [3.05, 3.63) is 47.5 Å². The number of benzene rings is 2. The lowest BCUT2D eigenvalue weighted by Crippen LogP contribution is -2.51. The van der Waals surface area contributed by atoms with Gasteiger partial charge in [-0.05, 0) is 49.8 Å². The predicted molar refractivity (Wildman–Crippen MR) is 101 cm³/mol. The topological polar surface area (TPSA) is 59.0 Å². The van der Waals surface area contributed by atoms with E-state index < -0.39 is 11.9 Å². The molecular weight excluding hydrogens is 380 g/mol. The van der Waals surface area contributed by atoms with Crippen molar-refractivity contribution in [2.45, 2.75) is 51.2 Å². The number of fused-ring (bicyclic) bond motifs is 2. The minimum absolute atomic E-state index is 0.0558. The van der Waals surface area contributed by atoms with E-state index in [4.69, 9.17) is 4.74 Å². The number of amides is 1. The zero-order chi connectivity index (χ0) is 20.6. The minimum atomic E-state index is -3.73. The average Bonchev–Trinajstić information content (AvgIpc) is 3.31. The quantitative estimate of drug-likeness (QED) is 0.835. The summed E-state index contributed by atoms with van der Waals surface area (Å²) >= 11 is 0. The van der Waals surface area contributed by atoms with Gasteiger partial charge in [-0.15, -0.1) is 8.78 Å². The number of rotatable bonds is 4. The summed E-state index contributed by atoms with van der Waals surface area (Å²) in [7, 11) is 0. The SMILES string of the molecule is CC(C)(O)[C@@H](C1CC1)N1Cc2cccc(-c3cccc4c3OC(F)(F)O4)c2C1=O. The van der Waals surface area contributed by atoms with Crippen LogP contribution in [-0.2, 0) is 6.54 Å². The van der Waals surface area contributed by atoms with Crippen molar-refractivity contribution in [1.82, 2.24) is 4.90 Å². The zero-order valence-corrected chi connectivity index (χ0v) is 16.1. The monoisotopic (exact) mass is 401 g/mol. The number of alkyl halides is 2. The van der Waals surface area contributed by atoms with E-state index in [1.54, 1.807) is 43.0 Å². The maximum absolute atomic E-state index is 13.6. The Balaban J connectivity index is 1.59.